The molecule has 1 saturated carbocycles. The van der Waals surface area contributed by atoms with Gasteiger partial charge in [0.05, 0.1) is 17.4 Å². The average molecular weight is 322 g/mol. The molecule has 6 heteroatoms. The number of likely N-dealkylation sites (tertiary alicyclic amines) is 1. The molecule has 5 nitrogen and oxygen atoms in total. The lowest BCUT2D eigenvalue weighted by Gasteiger charge is -2.32. The van der Waals surface area contributed by atoms with Gasteiger partial charge in [0, 0.05) is 25.0 Å². The summed E-state index contributed by atoms with van der Waals surface area (Å²) in [7, 11) is 0. The topological polar surface area (TPSA) is 69.6 Å². The van der Waals surface area contributed by atoms with Crippen LogP contribution >= 0.6 is 11.3 Å². The van der Waals surface area contributed by atoms with E-state index in [9.17, 15) is 14.7 Å². The van der Waals surface area contributed by atoms with Gasteiger partial charge in [-0.1, -0.05) is 6.07 Å². The van der Waals surface area contributed by atoms with Gasteiger partial charge in [0.2, 0.25) is 5.91 Å². The number of rotatable bonds is 5. The fourth-order valence-electron chi connectivity index (χ4n) is 2.92. The molecular formula is C16H22N2O3S. The highest BCUT2D eigenvalue weighted by Gasteiger charge is 2.42. The number of piperidine rings is 1. The van der Waals surface area contributed by atoms with Gasteiger partial charge in [0.25, 0.3) is 5.91 Å². The van der Waals surface area contributed by atoms with Gasteiger partial charge in [0.1, 0.15) is 0 Å². The molecule has 1 aromatic heterocycles. The molecule has 2 amide bonds. The standard InChI is InChI=1S/C16H22N2O3S/c19-11-16(5-6-16)10-17-14(20)12-3-1-7-18(9-12)15(21)13-4-2-8-22-13/h2,4,8,12,19H,1,3,5-7,9-11H2,(H,17,20). The minimum absolute atomic E-state index is 0.0170. The van der Waals surface area contributed by atoms with E-state index in [1.165, 1.54) is 11.3 Å². The number of carbonyl (C=O) groups is 2. The van der Waals surface area contributed by atoms with Crippen molar-refractivity contribution in [2.75, 3.05) is 26.2 Å². The van der Waals surface area contributed by atoms with Crippen molar-refractivity contribution in [2.45, 2.75) is 25.7 Å². The Balaban J connectivity index is 1.53. The van der Waals surface area contributed by atoms with E-state index in [1.54, 1.807) is 4.90 Å². The lowest BCUT2D eigenvalue weighted by Crippen LogP contribution is -2.46. The summed E-state index contributed by atoms with van der Waals surface area (Å²) in [5, 5.41) is 14.2. The van der Waals surface area contributed by atoms with E-state index < -0.39 is 0 Å². The predicted octanol–water partition coefficient (Wildman–Crippen LogP) is 1.49. The first-order valence-corrected chi connectivity index (χ1v) is 8.73. The monoisotopic (exact) mass is 322 g/mol. The number of nitrogens with zero attached hydrogens (tertiary/aromatic N) is 1. The van der Waals surface area contributed by atoms with Gasteiger partial charge >= 0.3 is 0 Å². The third-order valence-electron chi connectivity index (χ3n) is 4.74. The molecule has 2 N–H and O–H groups in total. The summed E-state index contributed by atoms with van der Waals surface area (Å²) in [6, 6.07) is 3.70. The Hall–Kier alpha value is -1.40. The molecule has 22 heavy (non-hydrogen) atoms. The SMILES string of the molecule is O=C(NCC1(CO)CC1)C1CCCN(C(=O)c2cccs2)C1. The van der Waals surface area contributed by atoms with E-state index in [0.29, 0.717) is 13.1 Å². The number of hydrogen-bond donors (Lipinski definition) is 2. The Morgan fingerprint density at radius 2 is 2.27 bits per heavy atom. The van der Waals surface area contributed by atoms with Crippen LogP contribution in [0.1, 0.15) is 35.4 Å². The zero-order chi connectivity index (χ0) is 15.6. The summed E-state index contributed by atoms with van der Waals surface area (Å²) in [5.74, 6) is -0.0860. The molecule has 0 bridgehead atoms. The van der Waals surface area contributed by atoms with E-state index in [0.717, 1.165) is 37.1 Å². The lowest BCUT2D eigenvalue weighted by molar-refractivity contribution is -0.126. The number of hydrogen-bond acceptors (Lipinski definition) is 4. The molecule has 1 saturated heterocycles. The second kappa shape index (κ2) is 6.38. The molecule has 1 unspecified atom stereocenters. The van der Waals surface area contributed by atoms with Crippen LogP contribution in [0.5, 0.6) is 0 Å². The van der Waals surface area contributed by atoms with Crippen LogP contribution < -0.4 is 5.32 Å². The van der Waals surface area contributed by atoms with Crippen molar-refractivity contribution in [3.63, 3.8) is 0 Å². The molecule has 0 radical (unpaired) electrons. The zero-order valence-corrected chi connectivity index (χ0v) is 13.4. The largest absolute Gasteiger partial charge is 0.396 e. The Morgan fingerprint density at radius 1 is 1.45 bits per heavy atom. The predicted molar refractivity (Wildman–Crippen MR) is 84.7 cm³/mol. The van der Waals surface area contributed by atoms with Crippen LogP contribution in [0, 0.1) is 11.3 Å². The van der Waals surface area contributed by atoms with Gasteiger partial charge in [-0.3, -0.25) is 9.59 Å². The molecule has 3 rings (SSSR count). The maximum atomic E-state index is 12.4. The van der Waals surface area contributed by atoms with Crippen LogP contribution in [0.25, 0.3) is 0 Å². The maximum Gasteiger partial charge on any atom is 0.263 e. The summed E-state index contributed by atoms with van der Waals surface area (Å²) >= 11 is 1.44. The van der Waals surface area contributed by atoms with Gasteiger partial charge in [-0.15, -0.1) is 11.3 Å². The fraction of sp³-hybridized carbons (Fsp3) is 0.625. The fourth-order valence-corrected chi connectivity index (χ4v) is 3.61. The summed E-state index contributed by atoms with van der Waals surface area (Å²) in [6.07, 6.45) is 3.65. The molecule has 1 atom stereocenters. The van der Waals surface area contributed by atoms with Crippen molar-refractivity contribution in [1.29, 1.82) is 0 Å². The van der Waals surface area contributed by atoms with Crippen molar-refractivity contribution in [3.05, 3.63) is 22.4 Å². The van der Waals surface area contributed by atoms with E-state index >= 15 is 0 Å². The Bertz CT molecular complexity index is 540. The molecule has 2 fully saturated rings. The number of carbonyl (C=O) groups excluding carboxylic acids is 2. The number of amides is 2. The minimum Gasteiger partial charge on any atom is -0.396 e. The average Bonchev–Trinajstić information content (AvgIpc) is 3.14. The quantitative estimate of drug-likeness (QED) is 0.863. The molecule has 1 aliphatic carbocycles. The van der Waals surface area contributed by atoms with Crippen molar-refractivity contribution in [3.8, 4) is 0 Å². The van der Waals surface area contributed by atoms with Crippen LogP contribution in [0.4, 0.5) is 0 Å². The van der Waals surface area contributed by atoms with Gasteiger partial charge in [-0.2, -0.15) is 0 Å². The van der Waals surface area contributed by atoms with Crippen LogP contribution in [0.3, 0.4) is 0 Å². The third kappa shape index (κ3) is 3.33. The maximum absolute atomic E-state index is 12.4. The number of aliphatic hydroxyl groups is 1. The van der Waals surface area contributed by atoms with E-state index in [1.807, 2.05) is 17.5 Å². The first-order valence-electron chi connectivity index (χ1n) is 7.85. The summed E-state index contributed by atoms with van der Waals surface area (Å²) in [4.78, 5) is 27.2. The second-order valence-corrected chi connectivity index (χ2v) is 7.39. The summed E-state index contributed by atoms with van der Waals surface area (Å²) in [6.45, 7) is 1.91. The van der Waals surface area contributed by atoms with Crippen molar-refractivity contribution >= 4 is 23.2 Å². The van der Waals surface area contributed by atoms with Gasteiger partial charge in [0.15, 0.2) is 0 Å². The van der Waals surface area contributed by atoms with Crippen molar-refractivity contribution in [2.24, 2.45) is 11.3 Å². The lowest BCUT2D eigenvalue weighted by atomic mass is 9.96. The molecule has 120 valence electrons. The molecule has 1 aromatic rings. The summed E-state index contributed by atoms with van der Waals surface area (Å²) < 4.78 is 0. The minimum atomic E-state index is -0.132. The van der Waals surface area contributed by atoms with Crippen molar-refractivity contribution in [1.82, 2.24) is 10.2 Å². The van der Waals surface area contributed by atoms with E-state index in [4.69, 9.17) is 0 Å². The third-order valence-corrected chi connectivity index (χ3v) is 5.60. The van der Waals surface area contributed by atoms with E-state index in [-0.39, 0.29) is 29.8 Å². The molecular weight excluding hydrogens is 300 g/mol. The first-order chi connectivity index (χ1) is 10.6. The molecule has 0 spiro atoms. The Kier molecular flexibility index (Phi) is 4.49. The Morgan fingerprint density at radius 3 is 2.91 bits per heavy atom. The van der Waals surface area contributed by atoms with Crippen LogP contribution in [-0.2, 0) is 4.79 Å². The molecule has 0 aromatic carbocycles. The highest BCUT2D eigenvalue weighted by molar-refractivity contribution is 7.12. The van der Waals surface area contributed by atoms with Crippen molar-refractivity contribution < 1.29 is 14.7 Å². The second-order valence-electron chi connectivity index (χ2n) is 6.44. The highest BCUT2D eigenvalue weighted by atomic mass is 32.1. The zero-order valence-electron chi connectivity index (χ0n) is 12.6. The smallest absolute Gasteiger partial charge is 0.263 e. The Labute approximate surface area is 134 Å². The normalized spacial score (nSPS) is 23.1. The highest BCUT2D eigenvalue weighted by Crippen LogP contribution is 2.44. The number of thiophene rings is 1. The number of aliphatic hydroxyl groups excluding tert-OH is 1. The van der Waals surface area contributed by atoms with Crippen LogP contribution in [-0.4, -0.2) is 48.1 Å². The van der Waals surface area contributed by atoms with Gasteiger partial charge in [-0.25, -0.2) is 0 Å². The molecule has 2 aliphatic rings. The molecule has 1 aliphatic heterocycles. The van der Waals surface area contributed by atoms with Gasteiger partial charge in [-0.05, 0) is 37.1 Å². The van der Waals surface area contributed by atoms with Crippen LogP contribution in [0.15, 0.2) is 17.5 Å². The van der Waals surface area contributed by atoms with Crippen LogP contribution in [0.2, 0.25) is 0 Å². The number of nitrogens with one attached hydrogen (secondary N) is 1. The van der Waals surface area contributed by atoms with E-state index in [2.05, 4.69) is 5.32 Å². The summed E-state index contributed by atoms with van der Waals surface area (Å²) in [5.41, 5.74) is -0.0726. The first kappa shape index (κ1) is 15.5. The van der Waals surface area contributed by atoms with Gasteiger partial charge < -0.3 is 15.3 Å². The molecule has 2 heterocycles.